The molecule has 1 N–H and O–H groups in total. The molecule has 0 saturated carbocycles. The van der Waals surface area contributed by atoms with Crippen LogP contribution in [0.3, 0.4) is 0 Å². The molecule has 0 aromatic heterocycles. The van der Waals surface area contributed by atoms with E-state index in [1.807, 2.05) is 0 Å². The van der Waals surface area contributed by atoms with E-state index in [0.717, 1.165) is 0 Å². The highest BCUT2D eigenvalue weighted by Crippen LogP contribution is 2.32. The second-order valence-electron chi connectivity index (χ2n) is 5.35. The summed E-state index contributed by atoms with van der Waals surface area (Å²) in [5.41, 5.74) is 0.901. The zero-order chi connectivity index (χ0) is 19.3. The maximum Gasteiger partial charge on any atom is 0.244 e. The third kappa shape index (κ3) is 5.03. The molecule has 0 aliphatic rings. The number of anilines is 2. The standard InChI is InChI=1S/C18H18Cl2N2O4/c1-11(23)22(16-5-4-15(25-2)9-17(16)26-3)10-18(24)21-14-7-12(19)6-13(20)8-14/h4-9H,10H2,1-3H3,(H,21,24). The number of amides is 2. The number of ether oxygens (including phenoxy) is 2. The summed E-state index contributed by atoms with van der Waals surface area (Å²) < 4.78 is 10.5. The fourth-order valence-corrected chi connectivity index (χ4v) is 2.87. The van der Waals surface area contributed by atoms with E-state index in [-0.39, 0.29) is 12.5 Å². The molecule has 0 fully saturated rings. The van der Waals surface area contributed by atoms with Crippen molar-refractivity contribution in [3.05, 3.63) is 46.4 Å². The van der Waals surface area contributed by atoms with Gasteiger partial charge in [-0.3, -0.25) is 14.5 Å². The summed E-state index contributed by atoms with van der Waals surface area (Å²) in [6.07, 6.45) is 0. The smallest absolute Gasteiger partial charge is 0.244 e. The molecule has 0 bridgehead atoms. The number of hydrogen-bond donors (Lipinski definition) is 1. The highest BCUT2D eigenvalue weighted by Gasteiger charge is 2.20. The number of hydrogen-bond acceptors (Lipinski definition) is 4. The Balaban J connectivity index is 2.23. The topological polar surface area (TPSA) is 67.9 Å². The van der Waals surface area contributed by atoms with Gasteiger partial charge in [0.25, 0.3) is 0 Å². The molecule has 138 valence electrons. The Kier molecular flexibility index (Phi) is 6.71. The van der Waals surface area contributed by atoms with Crippen LogP contribution in [0.4, 0.5) is 11.4 Å². The van der Waals surface area contributed by atoms with Crippen LogP contribution in [0.15, 0.2) is 36.4 Å². The number of carbonyl (C=O) groups is 2. The first-order valence-electron chi connectivity index (χ1n) is 7.60. The molecule has 2 aromatic carbocycles. The number of rotatable bonds is 6. The fraction of sp³-hybridized carbons (Fsp3) is 0.222. The highest BCUT2D eigenvalue weighted by molar-refractivity contribution is 6.35. The predicted molar refractivity (Wildman–Crippen MR) is 103 cm³/mol. The second kappa shape index (κ2) is 8.78. The Morgan fingerprint density at radius 2 is 1.69 bits per heavy atom. The third-order valence-electron chi connectivity index (χ3n) is 3.51. The van der Waals surface area contributed by atoms with Gasteiger partial charge in [0, 0.05) is 28.7 Å². The molecule has 2 rings (SSSR count). The molecule has 0 radical (unpaired) electrons. The van der Waals surface area contributed by atoms with Crippen LogP contribution in [0.25, 0.3) is 0 Å². The van der Waals surface area contributed by atoms with Crippen molar-refractivity contribution in [2.75, 3.05) is 31.0 Å². The third-order valence-corrected chi connectivity index (χ3v) is 3.94. The summed E-state index contributed by atoms with van der Waals surface area (Å²) in [6, 6.07) is 9.67. The zero-order valence-corrected chi connectivity index (χ0v) is 16.0. The van der Waals surface area contributed by atoms with E-state index in [1.54, 1.807) is 36.4 Å². The number of halogens is 2. The molecule has 26 heavy (non-hydrogen) atoms. The van der Waals surface area contributed by atoms with Gasteiger partial charge in [0.1, 0.15) is 18.0 Å². The summed E-state index contributed by atoms with van der Waals surface area (Å²) in [5, 5.41) is 3.46. The van der Waals surface area contributed by atoms with Gasteiger partial charge >= 0.3 is 0 Å². The average Bonchev–Trinajstić information content (AvgIpc) is 2.58. The number of benzene rings is 2. The minimum Gasteiger partial charge on any atom is -0.497 e. The van der Waals surface area contributed by atoms with Crippen LogP contribution in [0.2, 0.25) is 10.0 Å². The van der Waals surface area contributed by atoms with Gasteiger partial charge in [-0.15, -0.1) is 0 Å². The van der Waals surface area contributed by atoms with Crippen molar-refractivity contribution in [3.8, 4) is 11.5 Å². The number of nitrogens with zero attached hydrogens (tertiary/aromatic N) is 1. The maximum absolute atomic E-state index is 12.4. The lowest BCUT2D eigenvalue weighted by Crippen LogP contribution is -2.36. The largest absolute Gasteiger partial charge is 0.497 e. The molecular weight excluding hydrogens is 379 g/mol. The van der Waals surface area contributed by atoms with Crippen LogP contribution in [-0.2, 0) is 9.59 Å². The summed E-state index contributed by atoms with van der Waals surface area (Å²) >= 11 is 11.9. The molecule has 0 saturated heterocycles. The normalized spacial score (nSPS) is 10.2. The van der Waals surface area contributed by atoms with Crippen LogP contribution in [0.5, 0.6) is 11.5 Å². The average molecular weight is 397 g/mol. The number of carbonyl (C=O) groups excluding carboxylic acids is 2. The summed E-state index contributed by atoms with van der Waals surface area (Å²) in [7, 11) is 3.01. The Bertz CT molecular complexity index is 807. The zero-order valence-electron chi connectivity index (χ0n) is 14.5. The maximum atomic E-state index is 12.4. The van der Waals surface area contributed by atoms with Crippen molar-refractivity contribution in [3.63, 3.8) is 0 Å². The van der Waals surface area contributed by atoms with Crippen LogP contribution < -0.4 is 19.7 Å². The molecule has 0 spiro atoms. The van der Waals surface area contributed by atoms with E-state index in [4.69, 9.17) is 32.7 Å². The Labute approximate surface area is 161 Å². The lowest BCUT2D eigenvalue weighted by molar-refractivity contribution is -0.120. The van der Waals surface area contributed by atoms with Crippen LogP contribution >= 0.6 is 23.2 Å². The van der Waals surface area contributed by atoms with Crippen LogP contribution in [0, 0.1) is 0 Å². The predicted octanol–water partition coefficient (Wildman–Crippen LogP) is 4.00. The van der Waals surface area contributed by atoms with Gasteiger partial charge in [0.05, 0.1) is 19.9 Å². The quantitative estimate of drug-likeness (QED) is 0.800. The molecule has 0 heterocycles. The van der Waals surface area contributed by atoms with Crippen molar-refractivity contribution < 1.29 is 19.1 Å². The van der Waals surface area contributed by atoms with E-state index in [1.165, 1.54) is 26.0 Å². The van der Waals surface area contributed by atoms with Gasteiger partial charge in [-0.05, 0) is 30.3 Å². The summed E-state index contributed by atoms with van der Waals surface area (Å²) in [5.74, 6) is 0.273. The van der Waals surface area contributed by atoms with Crippen molar-refractivity contribution in [1.82, 2.24) is 0 Å². The molecule has 2 aromatic rings. The molecule has 0 aliphatic carbocycles. The van der Waals surface area contributed by atoms with E-state index in [0.29, 0.717) is 32.9 Å². The van der Waals surface area contributed by atoms with Crippen LogP contribution in [0.1, 0.15) is 6.92 Å². The van der Waals surface area contributed by atoms with E-state index in [9.17, 15) is 9.59 Å². The van der Waals surface area contributed by atoms with Crippen molar-refractivity contribution >= 4 is 46.4 Å². The molecule has 0 aliphatic heterocycles. The number of nitrogens with one attached hydrogen (secondary N) is 1. The Morgan fingerprint density at radius 1 is 1.04 bits per heavy atom. The fourth-order valence-electron chi connectivity index (χ4n) is 2.34. The summed E-state index contributed by atoms with van der Waals surface area (Å²) in [4.78, 5) is 25.8. The summed E-state index contributed by atoms with van der Waals surface area (Å²) in [6.45, 7) is 1.16. The second-order valence-corrected chi connectivity index (χ2v) is 6.22. The first kappa shape index (κ1) is 19.9. The molecule has 0 unspecified atom stereocenters. The first-order valence-corrected chi connectivity index (χ1v) is 8.35. The van der Waals surface area contributed by atoms with Crippen molar-refractivity contribution in [1.29, 1.82) is 0 Å². The molecule has 0 atom stereocenters. The number of methoxy groups -OCH3 is 2. The van der Waals surface area contributed by atoms with Gasteiger partial charge in [0.15, 0.2) is 0 Å². The lowest BCUT2D eigenvalue weighted by Gasteiger charge is -2.23. The first-order chi connectivity index (χ1) is 12.3. The van der Waals surface area contributed by atoms with E-state index < -0.39 is 5.91 Å². The minimum atomic E-state index is -0.406. The van der Waals surface area contributed by atoms with Gasteiger partial charge < -0.3 is 14.8 Å². The van der Waals surface area contributed by atoms with E-state index in [2.05, 4.69) is 5.32 Å². The SMILES string of the molecule is COc1ccc(N(CC(=O)Nc2cc(Cl)cc(Cl)c2)C(C)=O)c(OC)c1. The van der Waals surface area contributed by atoms with Gasteiger partial charge in [-0.2, -0.15) is 0 Å². The van der Waals surface area contributed by atoms with Crippen molar-refractivity contribution in [2.24, 2.45) is 0 Å². The molecule has 8 heteroatoms. The minimum absolute atomic E-state index is 0.206. The monoisotopic (exact) mass is 396 g/mol. The Hall–Kier alpha value is -2.44. The molecular formula is C18H18Cl2N2O4. The van der Waals surface area contributed by atoms with Gasteiger partial charge in [-0.25, -0.2) is 0 Å². The van der Waals surface area contributed by atoms with Crippen molar-refractivity contribution in [2.45, 2.75) is 6.92 Å². The lowest BCUT2D eigenvalue weighted by atomic mass is 10.2. The molecule has 2 amide bonds. The molecule has 6 nitrogen and oxygen atoms in total. The Morgan fingerprint density at radius 3 is 2.23 bits per heavy atom. The van der Waals surface area contributed by atoms with Crippen LogP contribution in [-0.4, -0.2) is 32.6 Å². The van der Waals surface area contributed by atoms with Gasteiger partial charge in [0.2, 0.25) is 11.8 Å². The van der Waals surface area contributed by atoms with Gasteiger partial charge in [-0.1, -0.05) is 23.2 Å². The highest BCUT2D eigenvalue weighted by atomic mass is 35.5. The van der Waals surface area contributed by atoms with E-state index >= 15 is 0 Å².